The van der Waals surface area contributed by atoms with Crippen LogP contribution in [0.1, 0.15) is 36.1 Å². The summed E-state index contributed by atoms with van der Waals surface area (Å²) in [6.45, 7) is 7.03. The standard InChI is InChI=1S/C18H20O2S/c1-18(2,3)14-6-8-15(9-7-14)20-13-17-11-10-16(21-17)5-4-12-19/h6-11,19H,12-13H2,1-3H3. The Morgan fingerprint density at radius 3 is 2.43 bits per heavy atom. The second-order valence-electron chi connectivity index (χ2n) is 5.79. The van der Waals surface area contributed by atoms with Gasteiger partial charge in [0, 0.05) is 4.88 Å². The number of rotatable bonds is 3. The second kappa shape index (κ2) is 6.80. The molecule has 1 heterocycles. The molecule has 1 aromatic heterocycles. The van der Waals surface area contributed by atoms with E-state index in [1.807, 2.05) is 24.3 Å². The highest BCUT2D eigenvalue weighted by atomic mass is 32.1. The Morgan fingerprint density at radius 1 is 1.10 bits per heavy atom. The fourth-order valence-corrected chi connectivity index (χ4v) is 2.65. The number of aliphatic hydroxyl groups is 1. The van der Waals surface area contributed by atoms with Gasteiger partial charge in [-0.05, 0) is 35.2 Å². The van der Waals surface area contributed by atoms with Crippen LogP contribution in [0.2, 0.25) is 0 Å². The van der Waals surface area contributed by atoms with Crippen LogP contribution in [0.3, 0.4) is 0 Å². The summed E-state index contributed by atoms with van der Waals surface area (Å²) in [5.74, 6) is 6.42. The van der Waals surface area contributed by atoms with Crippen LogP contribution in [0.15, 0.2) is 36.4 Å². The number of aliphatic hydroxyl groups excluding tert-OH is 1. The summed E-state index contributed by atoms with van der Waals surface area (Å²) >= 11 is 1.59. The summed E-state index contributed by atoms with van der Waals surface area (Å²) in [6, 6.07) is 12.2. The first-order valence-corrected chi connectivity index (χ1v) is 7.72. The average molecular weight is 300 g/mol. The number of ether oxygens (including phenoxy) is 1. The predicted molar refractivity (Wildman–Crippen MR) is 87.8 cm³/mol. The van der Waals surface area contributed by atoms with E-state index in [1.165, 1.54) is 5.56 Å². The summed E-state index contributed by atoms with van der Waals surface area (Å²) in [4.78, 5) is 2.07. The highest BCUT2D eigenvalue weighted by Gasteiger charge is 2.12. The number of thiophene rings is 1. The van der Waals surface area contributed by atoms with E-state index in [4.69, 9.17) is 9.84 Å². The average Bonchev–Trinajstić information content (AvgIpc) is 2.90. The first-order chi connectivity index (χ1) is 9.99. The maximum atomic E-state index is 8.67. The van der Waals surface area contributed by atoms with E-state index >= 15 is 0 Å². The fourth-order valence-electron chi connectivity index (χ4n) is 1.85. The van der Waals surface area contributed by atoms with Gasteiger partial charge >= 0.3 is 0 Å². The molecule has 0 fully saturated rings. The molecule has 0 radical (unpaired) electrons. The van der Waals surface area contributed by atoms with Gasteiger partial charge in [0.05, 0.1) is 4.88 Å². The van der Waals surface area contributed by atoms with E-state index in [2.05, 4.69) is 44.7 Å². The summed E-state index contributed by atoms with van der Waals surface area (Å²) < 4.78 is 5.79. The molecule has 110 valence electrons. The molecule has 2 nitrogen and oxygen atoms in total. The highest BCUT2D eigenvalue weighted by molar-refractivity contribution is 7.12. The molecule has 1 N–H and O–H groups in total. The lowest BCUT2D eigenvalue weighted by Crippen LogP contribution is -2.10. The summed E-state index contributed by atoms with van der Waals surface area (Å²) in [6.07, 6.45) is 0. The van der Waals surface area contributed by atoms with Gasteiger partial charge in [-0.15, -0.1) is 11.3 Å². The fraction of sp³-hybridized carbons (Fsp3) is 0.333. The first kappa shape index (κ1) is 15.6. The van der Waals surface area contributed by atoms with Gasteiger partial charge in [0.2, 0.25) is 0 Å². The molecule has 0 atom stereocenters. The lowest BCUT2D eigenvalue weighted by Gasteiger charge is -2.19. The van der Waals surface area contributed by atoms with Crippen molar-refractivity contribution in [3.05, 3.63) is 51.7 Å². The Balaban J connectivity index is 1.95. The zero-order chi connectivity index (χ0) is 15.3. The molecule has 0 aliphatic carbocycles. The molecule has 0 saturated carbocycles. The van der Waals surface area contributed by atoms with E-state index in [0.29, 0.717) is 6.61 Å². The van der Waals surface area contributed by atoms with Crippen LogP contribution < -0.4 is 4.74 Å². The lowest BCUT2D eigenvalue weighted by molar-refractivity contribution is 0.309. The predicted octanol–water partition coefficient (Wildman–Crippen LogP) is 3.97. The molecule has 0 bridgehead atoms. The van der Waals surface area contributed by atoms with Gasteiger partial charge in [0.25, 0.3) is 0 Å². The SMILES string of the molecule is CC(C)(C)c1ccc(OCc2ccc(C#CCO)s2)cc1. The van der Waals surface area contributed by atoms with Gasteiger partial charge in [-0.1, -0.05) is 44.7 Å². The largest absolute Gasteiger partial charge is 0.488 e. The van der Waals surface area contributed by atoms with Gasteiger partial charge in [-0.25, -0.2) is 0 Å². The van der Waals surface area contributed by atoms with Crippen LogP contribution in [0.4, 0.5) is 0 Å². The maximum absolute atomic E-state index is 8.67. The van der Waals surface area contributed by atoms with Crippen LogP contribution in [-0.2, 0) is 12.0 Å². The molecule has 0 unspecified atom stereocenters. The van der Waals surface area contributed by atoms with E-state index < -0.39 is 0 Å². The molecule has 0 aliphatic rings. The molecule has 0 saturated heterocycles. The van der Waals surface area contributed by atoms with Gasteiger partial charge in [0.1, 0.15) is 19.0 Å². The van der Waals surface area contributed by atoms with Crippen molar-refractivity contribution in [2.75, 3.05) is 6.61 Å². The third kappa shape index (κ3) is 4.63. The smallest absolute Gasteiger partial charge is 0.122 e. The van der Waals surface area contributed by atoms with Crippen molar-refractivity contribution in [2.45, 2.75) is 32.8 Å². The van der Waals surface area contributed by atoms with Gasteiger partial charge in [-0.3, -0.25) is 0 Å². The molecule has 21 heavy (non-hydrogen) atoms. The highest BCUT2D eigenvalue weighted by Crippen LogP contribution is 2.25. The van der Waals surface area contributed by atoms with Crippen molar-refractivity contribution in [3.63, 3.8) is 0 Å². The van der Waals surface area contributed by atoms with Crippen LogP contribution in [0.25, 0.3) is 0 Å². The van der Waals surface area contributed by atoms with Crippen molar-refractivity contribution in [1.29, 1.82) is 0 Å². The summed E-state index contributed by atoms with van der Waals surface area (Å²) in [5.41, 5.74) is 1.46. The van der Waals surface area contributed by atoms with Crippen LogP contribution in [0.5, 0.6) is 5.75 Å². The second-order valence-corrected chi connectivity index (χ2v) is 6.96. The zero-order valence-electron chi connectivity index (χ0n) is 12.6. The first-order valence-electron chi connectivity index (χ1n) is 6.91. The molecule has 3 heteroatoms. The van der Waals surface area contributed by atoms with E-state index in [9.17, 15) is 0 Å². The van der Waals surface area contributed by atoms with Crippen molar-refractivity contribution in [1.82, 2.24) is 0 Å². The summed E-state index contributed by atoms with van der Waals surface area (Å²) in [7, 11) is 0. The van der Waals surface area contributed by atoms with E-state index in [1.54, 1.807) is 11.3 Å². The topological polar surface area (TPSA) is 29.5 Å². The third-order valence-corrected chi connectivity index (χ3v) is 4.03. The number of benzene rings is 1. The minimum Gasteiger partial charge on any atom is -0.488 e. The van der Waals surface area contributed by atoms with Crippen LogP contribution in [-0.4, -0.2) is 11.7 Å². The van der Waals surface area contributed by atoms with Gasteiger partial charge in [0.15, 0.2) is 0 Å². The third-order valence-electron chi connectivity index (χ3n) is 3.05. The van der Waals surface area contributed by atoms with Crippen molar-refractivity contribution in [2.24, 2.45) is 0 Å². The zero-order valence-corrected chi connectivity index (χ0v) is 13.5. The molecule has 0 aliphatic heterocycles. The Hall–Kier alpha value is -1.76. The normalized spacial score (nSPS) is 10.9. The Kier molecular flexibility index (Phi) is 5.06. The molecular weight excluding hydrogens is 280 g/mol. The van der Waals surface area contributed by atoms with Crippen LogP contribution >= 0.6 is 11.3 Å². The minimum absolute atomic E-state index is 0.107. The van der Waals surface area contributed by atoms with Gasteiger partial charge < -0.3 is 9.84 Å². The van der Waals surface area contributed by atoms with Crippen LogP contribution in [0, 0.1) is 11.8 Å². The number of hydrogen-bond donors (Lipinski definition) is 1. The number of hydrogen-bond acceptors (Lipinski definition) is 3. The van der Waals surface area contributed by atoms with Crippen molar-refractivity contribution in [3.8, 4) is 17.6 Å². The molecule has 0 spiro atoms. The Labute approximate surface area is 130 Å². The quantitative estimate of drug-likeness (QED) is 0.869. The lowest BCUT2D eigenvalue weighted by atomic mass is 9.87. The molecule has 2 aromatic rings. The molecular formula is C18H20O2S. The molecule has 0 amide bonds. The van der Waals surface area contributed by atoms with Crippen molar-refractivity contribution < 1.29 is 9.84 Å². The molecule has 1 aromatic carbocycles. The monoisotopic (exact) mass is 300 g/mol. The summed E-state index contributed by atoms with van der Waals surface area (Å²) in [5, 5.41) is 8.67. The minimum atomic E-state index is -0.107. The van der Waals surface area contributed by atoms with E-state index in [-0.39, 0.29) is 12.0 Å². The Bertz CT molecular complexity index is 636. The van der Waals surface area contributed by atoms with Crippen molar-refractivity contribution >= 4 is 11.3 Å². The maximum Gasteiger partial charge on any atom is 0.122 e. The molecule has 2 rings (SSSR count). The van der Waals surface area contributed by atoms with Gasteiger partial charge in [-0.2, -0.15) is 0 Å². The Morgan fingerprint density at radius 2 is 1.81 bits per heavy atom. The van der Waals surface area contributed by atoms with E-state index in [0.717, 1.165) is 15.5 Å².